The van der Waals surface area contributed by atoms with Crippen LogP contribution in [-0.2, 0) is 0 Å². The van der Waals surface area contributed by atoms with Gasteiger partial charge in [-0.05, 0) is 85.9 Å². The molecule has 0 aliphatic heterocycles. The summed E-state index contributed by atoms with van der Waals surface area (Å²) in [5.41, 5.74) is 0. The zero-order chi connectivity index (χ0) is 52.4. The Morgan fingerprint density at radius 2 is 0.443 bits per heavy atom. The Morgan fingerprint density at radius 3 is 0.629 bits per heavy atom. The van der Waals surface area contributed by atoms with Crippen LogP contribution in [0.3, 0.4) is 0 Å². The van der Waals surface area contributed by atoms with Crippen molar-refractivity contribution in [1.82, 2.24) is 0 Å². The molecule has 0 unspecified atom stereocenters. The number of unbranched alkanes of at least 4 members (excludes halogenated alkanes) is 2. The second-order valence-corrected chi connectivity index (χ2v) is 23.3. The summed E-state index contributed by atoms with van der Waals surface area (Å²) in [6.45, 7) is 38.4. The number of alkyl halides is 10. The molecule has 0 heterocycles. The molecule has 0 fully saturated rings. The Balaban J connectivity index is -0.0000000789. The first-order chi connectivity index (χ1) is 29.2. The number of rotatable bonds is 30. The van der Waals surface area contributed by atoms with Crippen molar-refractivity contribution in [3.8, 4) is 0 Å². The molecule has 0 radical (unpaired) electrons. The summed E-state index contributed by atoms with van der Waals surface area (Å²) in [5.74, 6) is -10.0. The van der Waals surface area contributed by atoms with E-state index in [1.807, 2.05) is 55.4 Å². The molecule has 0 aromatic carbocycles. The first-order valence-corrected chi connectivity index (χ1v) is 26.1. The Hall–Kier alpha value is -0.700. The molecule has 440 valence electrons. The van der Waals surface area contributed by atoms with E-state index in [-0.39, 0.29) is 100 Å². The van der Waals surface area contributed by atoms with Crippen LogP contribution in [0, 0.1) is 59.2 Å². The van der Waals surface area contributed by atoms with E-state index in [1.54, 1.807) is 27.7 Å². The SMILES string of the molecule is C.C.C.C.C.CC(C)CCC(F)(F)CCC(C)C.CC(C)CCCC(F)(F)CC(C)C.CC(C)CCCC(F)(F)CC(C)C.CC(C)CCCCC(F)(F)C(C)C.CC(C)CCCCC(F)(F)C(C)C. The molecule has 0 aromatic heterocycles. The van der Waals surface area contributed by atoms with Crippen molar-refractivity contribution >= 4 is 0 Å². The molecule has 0 aliphatic rings. The Labute approximate surface area is 435 Å². The summed E-state index contributed by atoms with van der Waals surface area (Å²) in [7, 11) is 0. The summed E-state index contributed by atoms with van der Waals surface area (Å²) >= 11 is 0. The van der Waals surface area contributed by atoms with Gasteiger partial charge in [0.25, 0.3) is 0 Å². The highest BCUT2D eigenvalue weighted by molar-refractivity contribution is 4.72. The lowest BCUT2D eigenvalue weighted by atomic mass is 9.98. The van der Waals surface area contributed by atoms with Crippen LogP contribution in [0.4, 0.5) is 43.9 Å². The third kappa shape index (κ3) is 73.8. The van der Waals surface area contributed by atoms with Gasteiger partial charge >= 0.3 is 0 Å². The number of halogens is 10. The second-order valence-electron chi connectivity index (χ2n) is 23.3. The molecular formula is C60H130F10. The van der Waals surface area contributed by atoms with Crippen LogP contribution in [0.5, 0.6) is 0 Å². The fourth-order valence-corrected chi connectivity index (χ4v) is 6.47. The Morgan fingerprint density at radius 1 is 0.229 bits per heavy atom. The minimum atomic E-state index is -2.46. The van der Waals surface area contributed by atoms with Crippen LogP contribution in [0.15, 0.2) is 0 Å². The van der Waals surface area contributed by atoms with Crippen LogP contribution >= 0.6 is 0 Å². The lowest BCUT2D eigenvalue weighted by Gasteiger charge is -2.20. The molecule has 0 atom stereocenters. The van der Waals surface area contributed by atoms with Gasteiger partial charge in [0.05, 0.1) is 0 Å². The summed E-state index contributed by atoms with van der Waals surface area (Å²) < 4.78 is 131. The van der Waals surface area contributed by atoms with E-state index >= 15 is 0 Å². The van der Waals surface area contributed by atoms with Crippen molar-refractivity contribution in [2.24, 2.45) is 59.2 Å². The van der Waals surface area contributed by atoms with Gasteiger partial charge in [0, 0.05) is 63.2 Å². The number of hydrogen-bond acceptors (Lipinski definition) is 0. The van der Waals surface area contributed by atoms with Crippen molar-refractivity contribution in [3.63, 3.8) is 0 Å². The maximum absolute atomic E-state index is 13.1. The smallest absolute Gasteiger partial charge is 0.207 e. The Kier molecular flexibility index (Phi) is 64.6. The Bertz CT molecular complexity index is 935. The average Bonchev–Trinajstić information content (AvgIpc) is 3.09. The summed E-state index contributed by atoms with van der Waals surface area (Å²) in [5, 5.41) is 0. The van der Waals surface area contributed by atoms with Crippen LogP contribution in [0.2, 0.25) is 0 Å². The zero-order valence-electron chi connectivity index (χ0n) is 46.2. The quantitative estimate of drug-likeness (QED) is 0.0497. The monoisotopic (exact) mass is 1040 g/mol. The highest BCUT2D eigenvalue weighted by atomic mass is 19.3. The maximum Gasteiger partial charge on any atom is 0.250 e. The molecule has 0 N–H and O–H groups in total. The maximum atomic E-state index is 13.1. The van der Waals surface area contributed by atoms with E-state index in [0.29, 0.717) is 74.0 Å². The molecule has 70 heavy (non-hydrogen) atoms. The van der Waals surface area contributed by atoms with E-state index in [1.165, 1.54) is 0 Å². The molecule has 0 spiro atoms. The molecule has 0 amide bonds. The van der Waals surface area contributed by atoms with Gasteiger partial charge in [-0.15, -0.1) is 0 Å². The van der Waals surface area contributed by atoms with Crippen LogP contribution < -0.4 is 0 Å². The van der Waals surface area contributed by atoms with Gasteiger partial charge in [0.15, 0.2) is 0 Å². The summed E-state index contributed by atoms with van der Waals surface area (Å²) in [4.78, 5) is 0. The van der Waals surface area contributed by atoms with Crippen molar-refractivity contribution in [2.75, 3.05) is 0 Å². The lowest BCUT2D eigenvalue weighted by Crippen LogP contribution is -2.23. The van der Waals surface area contributed by atoms with Crippen LogP contribution in [0.25, 0.3) is 0 Å². The standard InChI is InChI=1S/5C11H22F2.5CH4/c1-9(2)5-7-11(12,13)8-6-10(3)4;2*1-9(2)6-5-7-11(12,13)8-10(3)4;2*1-9(2)7-5-6-8-11(12,13)10(3)4;;;;;/h5*9-10H,5-8H2,1-4H3;5*1H4. The van der Waals surface area contributed by atoms with E-state index in [0.717, 1.165) is 38.5 Å². The van der Waals surface area contributed by atoms with Gasteiger partial charge in [-0.25, -0.2) is 43.9 Å². The molecule has 0 bridgehead atoms. The van der Waals surface area contributed by atoms with Gasteiger partial charge in [0.1, 0.15) is 0 Å². The fourth-order valence-electron chi connectivity index (χ4n) is 6.47. The van der Waals surface area contributed by atoms with Crippen LogP contribution in [-0.4, -0.2) is 29.6 Å². The van der Waals surface area contributed by atoms with E-state index in [4.69, 9.17) is 0 Å². The van der Waals surface area contributed by atoms with E-state index < -0.39 is 41.4 Å². The van der Waals surface area contributed by atoms with Gasteiger partial charge in [-0.1, -0.05) is 214 Å². The zero-order valence-corrected chi connectivity index (χ0v) is 46.2. The number of hydrogen-bond donors (Lipinski definition) is 0. The molecule has 0 saturated carbocycles. The van der Waals surface area contributed by atoms with E-state index in [2.05, 4.69) is 55.4 Å². The van der Waals surface area contributed by atoms with Crippen molar-refractivity contribution < 1.29 is 43.9 Å². The molecule has 10 heteroatoms. The predicted molar refractivity (Wildman–Crippen MR) is 299 cm³/mol. The first-order valence-electron chi connectivity index (χ1n) is 26.1. The molecule has 0 aliphatic carbocycles. The minimum absolute atomic E-state index is 0. The van der Waals surface area contributed by atoms with Crippen LogP contribution in [0.1, 0.15) is 304 Å². The molecule has 0 saturated heterocycles. The van der Waals surface area contributed by atoms with E-state index in [9.17, 15) is 43.9 Å². The molecule has 0 aromatic rings. The first kappa shape index (κ1) is 91.9. The molecule has 0 rings (SSSR count). The highest BCUT2D eigenvalue weighted by Crippen LogP contribution is 2.33. The lowest BCUT2D eigenvalue weighted by molar-refractivity contribution is -0.0546. The minimum Gasteiger partial charge on any atom is -0.207 e. The van der Waals surface area contributed by atoms with Gasteiger partial charge in [-0.3, -0.25) is 0 Å². The average molecular weight is 1040 g/mol. The fraction of sp³-hybridized carbons (Fsp3) is 1.00. The second kappa shape index (κ2) is 49.2. The van der Waals surface area contributed by atoms with Gasteiger partial charge < -0.3 is 0 Å². The summed E-state index contributed by atoms with van der Waals surface area (Å²) in [6.07, 6.45) is 10.1. The van der Waals surface area contributed by atoms with Crippen molar-refractivity contribution in [1.29, 1.82) is 0 Å². The van der Waals surface area contributed by atoms with Gasteiger partial charge in [0.2, 0.25) is 29.6 Å². The third-order valence-electron chi connectivity index (χ3n) is 11.0. The van der Waals surface area contributed by atoms with Crippen molar-refractivity contribution in [2.45, 2.75) is 334 Å². The molecular weight excluding hydrogens is 911 g/mol. The normalized spacial score (nSPS) is 12.0. The third-order valence-corrected chi connectivity index (χ3v) is 11.0. The largest absolute Gasteiger partial charge is 0.250 e. The topological polar surface area (TPSA) is 0 Å². The highest BCUT2D eigenvalue weighted by Gasteiger charge is 2.34. The van der Waals surface area contributed by atoms with Gasteiger partial charge in [-0.2, -0.15) is 0 Å². The summed E-state index contributed by atoms with van der Waals surface area (Å²) in [6, 6.07) is 0. The van der Waals surface area contributed by atoms with Crippen molar-refractivity contribution in [3.05, 3.63) is 0 Å². The predicted octanol–water partition coefficient (Wildman–Crippen LogP) is 25.7. The molecule has 0 nitrogen and oxygen atoms in total.